The molecule has 1 aromatic carbocycles. The van der Waals surface area contributed by atoms with Gasteiger partial charge in [-0.2, -0.15) is 5.26 Å². The number of nitriles is 1. The average molecular weight is 191 g/mol. The standard InChI is InChI=1S/C9H9N3S/c10-5-7-3-1-2-4-8(7)6-13-9(11)12/h1-4H,6H2,(H3,11,12). The predicted octanol–water partition coefficient (Wildman–Crippen LogP) is 1.68. The van der Waals surface area contributed by atoms with E-state index in [-0.39, 0.29) is 5.17 Å². The van der Waals surface area contributed by atoms with Crippen LogP contribution < -0.4 is 5.73 Å². The number of thioether (sulfide) groups is 1. The molecule has 66 valence electrons. The number of benzene rings is 1. The summed E-state index contributed by atoms with van der Waals surface area (Å²) in [5.41, 5.74) is 6.77. The Morgan fingerprint density at radius 3 is 2.85 bits per heavy atom. The number of hydrogen-bond donors (Lipinski definition) is 2. The summed E-state index contributed by atoms with van der Waals surface area (Å²) >= 11 is 1.22. The molecule has 3 nitrogen and oxygen atoms in total. The Hall–Kier alpha value is -1.47. The minimum absolute atomic E-state index is 0.0766. The second-order valence-electron chi connectivity index (χ2n) is 2.42. The van der Waals surface area contributed by atoms with Gasteiger partial charge in [0.05, 0.1) is 11.6 Å². The Morgan fingerprint density at radius 1 is 1.54 bits per heavy atom. The van der Waals surface area contributed by atoms with E-state index in [0.717, 1.165) is 5.56 Å². The first kappa shape index (κ1) is 9.62. The highest BCUT2D eigenvalue weighted by Gasteiger charge is 2.00. The van der Waals surface area contributed by atoms with Gasteiger partial charge in [-0.05, 0) is 11.6 Å². The van der Waals surface area contributed by atoms with Crippen LogP contribution in [0.3, 0.4) is 0 Å². The first-order chi connectivity index (χ1) is 6.24. The molecule has 0 aliphatic carbocycles. The zero-order chi connectivity index (χ0) is 9.68. The van der Waals surface area contributed by atoms with E-state index >= 15 is 0 Å². The van der Waals surface area contributed by atoms with Crippen LogP contribution in [0.2, 0.25) is 0 Å². The van der Waals surface area contributed by atoms with Gasteiger partial charge in [0.1, 0.15) is 0 Å². The van der Waals surface area contributed by atoms with Crippen LogP contribution in [0.15, 0.2) is 24.3 Å². The van der Waals surface area contributed by atoms with Crippen molar-refractivity contribution in [1.29, 1.82) is 10.7 Å². The Kier molecular flexibility index (Phi) is 3.35. The number of rotatable bonds is 2. The van der Waals surface area contributed by atoms with E-state index in [9.17, 15) is 0 Å². The molecule has 4 heteroatoms. The summed E-state index contributed by atoms with van der Waals surface area (Å²) in [5, 5.41) is 15.8. The summed E-state index contributed by atoms with van der Waals surface area (Å²) in [7, 11) is 0. The number of nitrogens with two attached hydrogens (primary N) is 1. The molecule has 0 amide bonds. The molecule has 0 aromatic heterocycles. The lowest BCUT2D eigenvalue weighted by molar-refractivity contribution is 1.36. The van der Waals surface area contributed by atoms with Gasteiger partial charge in [0.25, 0.3) is 0 Å². The number of amidine groups is 1. The van der Waals surface area contributed by atoms with E-state index in [1.807, 2.05) is 18.2 Å². The van der Waals surface area contributed by atoms with Crippen molar-refractivity contribution in [3.63, 3.8) is 0 Å². The van der Waals surface area contributed by atoms with Crippen molar-refractivity contribution in [3.05, 3.63) is 35.4 Å². The molecule has 0 unspecified atom stereocenters. The summed E-state index contributed by atoms with van der Waals surface area (Å²) in [6, 6.07) is 9.42. The van der Waals surface area contributed by atoms with Gasteiger partial charge in [0.2, 0.25) is 0 Å². The molecule has 1 rings (SSSR count). The molecule has 0 bridgehead atoms. The summed E-state index contributed by atoms with van der Waals surface area (Å²) in [5.74, 6) is 0.582. The molecule has 0 saturated heterocycles. The highest BCUT2D eigenvalue weighted by Crippen LogP contribution is 2.14. The second kappa shape index (κ2) is 4.53. The zero-order valence-corrected chi connectivity index (χ0v) is 7.77. The molecule has 0 aliphatic rings. The Labute approximate surface area is 81.1 Å². The smallest absolute Gasteiger partial charge is 0.151 e. The van der Waals surface area contributed by atoms with Crippen molar-refractivity contribution in [3.8, 4) is 6.07 Å². The van der Waals surface area contributed by atoms with Crippen LogP contribution in [0.1, 0.15) is 11.1 Å². The fourth-order valence-electron chi connectivity index (χ4n) is 0.911. The van der Waals surface area contributed by atoms with Crippen LogP contribution in [0, 0.1) is 16.7 Å². The van der Waals surface area contributed by atoms with Crippen LogP contribution in [0.4, 0.5) is 0 Å². The first-order valence-electron chi connectivity index (χ1n) is 3.69. The minimum atomic E-state index is 0.0766. The van der Waals surface area contributed by atoms with Gasteiger partial charge >= 0.3 is 0 Å². The molecule has 0 spiro atoms. The van der Waals surface area contributed by atoms with Crippen LogP contribution in [0.5, 0.6) is 0 Å². The fourth-order valence-corrected chi connectivity index (χ4v) is 1.47. The van der Waals surface area contributed by atoms with E-state index in [1.54, 1.807) is 6.07 Å². The normalized spacial score (nSPS) is 9.15. The number of nitrogens with zero attached hydrogens (tertiary/aromatic N) is 1. The largest absolute Gasteiger partial charge is 0.379 e. The van der Waals surface area contributed by atoms with E-state index in [0.29, 0.717) is 11.3 Å². The summed E-state index contributed by atoms with van der Waals surface area (Å²) in [6.07, 6.45) is 0. The van der Waals surface area contributed by atoms with Gasteiger partial charge in [0.15, 0.2) is 5.17 Å². The molecule has 1 aromatic rings. The van der Waals surface area contributed by atoms with Gasteiger partial charge in [0, 0.05) is 5.75 Å². The quantitative estimate of drug-likeness (QED) is 0.551. The van der Waals surface area contributed by atoms with E-state index < -0.39 is 0 Å². The molecular weight excluding hydrogens is 182 g/mol. The Balaban J connectivity index is 2.77. The first-order valence-corrected chi connectivity index (χ1v) is 4.67. The van der Waals surface area contributed by atoms with E-state index in [2.05, 4.69) is 6.07 Å². The Morgan fingerprint density at radius 2 is 2.23 bits per heavy atom. The SMILES string of the molecule is N#Cc1ccccc1CSC(=N)N. The predicted molar refractivity (Wildman–Crippen MR) is 54.4 cm³/mol. The lowest BCUT2D eigenvalue weighted by Gasteiger charge is -2.01. The summed E-state index contributed by atoms with van der Waals surface area (Å²) < 4.78 is 0. The molecule has 0 aliphatic heterocycles. The van der Waals surface area contributed by atoms with E-state index in [4.69, 9.17) is 16.4 Å². The Bertz CT molecular complexity index is 354. The van der Waals surface area contributed by atoms with Crippen molar-refractivity contribution in [2.24, 2.45) is 5.73 Å². The molecule has 3 N–H and O–H groups in total. The highest BCUT2D eigenvalue weighted by atomic mass is 32.2. The molecular formula is C9H9N3S. The summed E-state index contributed by atoms with van der Waals surface area (Å²) in [4.78, 5) is 0. The maximum atomic E-state index is 8.74. The third-order valence-corrected chi connectivity index (χ3v) is 2.29. The molecule has 13 heavy (non-hydrogen) atoms. The van der Waals surface area contributed by atoms with Crippen LogP contribution in [-0.4, -0.2) is 5.17 Å². The van der Waals surface area contributed by atoms with Crippen LogP contribution >= 0.6 is 11.8 Å². The molecule has 0 radical (unpaired) electrons. The van der Waals surface area contributed by atoms with Gasteiger partial charge in [-0.3, -0.25) is 5.41 Å². The average Bonchev–Trinajstić information content (AvgIpc) is 2.15. The fraction of sp³-hybridized carbons (Fsp3) is 0.111. The van der Waals surface area contributed by atoms with Crippen molar-refractivity contribution < 1.29 is 0 Å². The third kappa shape index (κ3) is 2.80. The topological polar surface area (TPSA) is 73.7 Å². The summed E-state index contributed by atoms with van der Waals surface area (Å²) in [6.45, 7) is 0. The van der Waals surface area contributed by atoms with Gasteiger partial charge < -0.3 is 5.73 Å². The zero-order valence-electron chi connectivity index (χ0n) is 6.95. The molecule has 0 saturated carbocycles. The van der Waals surface area contributed by atoms with Crippen molar-refractivity contribution in [2.75, 3.05) is 0 Å². The van der Waals surface area contributed by atoms with Crippen molar-refractivity contribution in [2.45, 2.75) is 5.75 Å². The monoisotopic (exact) mass is 191 g/mol. The number of hydrogen-bond acceptors (Lipinski definition) is 3. The van der Waals surface area contributed by atoms with E-state index in [1.165, 1.54) is 11.8 Å². The van der Waals surface area contributed by atoms with Gasteiger partial charge in [-0.25, -0.2) is 0 Å². The molecule has 0 atom stereocenters. The van der Waals surface area contributed by atoms with Crippen LogP contribution in [0.25, 0.3) is 0 Å². The maximum Gasteiger partial charge on any atom is 0.151 e. The molecule has 0 heterocycles. The lowest BCUT2D eigenvalue weighted by atomic mass is 10.1. The maximum absolute atomic E-state index is 8.74. The second-order valence-corrected chi connectivity index (χ2v) is 3.44. The highest BCUT2D eigenvalue weighted by molar-refractivity contribution is 8.13. The third-order valence-electron chi connectivity index (χ3n) is 1.52. The van der Waals surface area contributed by atoms with Gasteiger partial charge in [-0.15, -0.1) is 0 Å². The van der Waals surface area contributed by atoms with Crippen LogP contribution in [-0.2, 0) is 5.75 Å². The van der Waals surface area contributed by atoms with Gasteiger partial charge in [-0.1, -0.05) is 30.0 Å². The van der Waals surface area contributed by atoms with Crippen molar-refractivity contribution in [1.82, 2.24) is 0 Å². The lowest BCUT2D eigenvalue weighted by Crippen LogP contribution is -2.04. The molecule has 0 fully saturated rings. The minimum Gasteiger partial charge on any atom is -0.379 e. The van der Waals surface area contributed by atoms with Crippen molar-refractivity contribution >= 4 is 16.9 Å². The number of nitrogens with one attached hydrogen (secondary N) is 1.